The molecule has 0 aliphatic carbocycles. The van der Waals surface area contributed by atoms with Crippen LogP contribution in [-0.4, -0.2) is 23.0 Å². The average molecular weight is 272 g/mol. The Hall–Kier alpha value is -2.53. The number of benzene rings is 2. The summed E-state index contributed by atoms with van der Waals surface area (Å²) in [6, 6.07) is 12.2. The summed E-state index contributed by atoms with van der Waals surface area (Å²) < 4.78 is 10.7. The van der Waals surface area contributed by atoms with Crippen molar-refractivity contribution in [2.75, 3.05) is 6.79 Å². The van der Waals surface area contributed by atoms with Gasteiger partial charge < -0.3 is 19.7 Å². The molecule has 0 saturated heterocycles. The molecule has 0 saturated carbocycles. The van der Waals surface area contributed by atoms with Gasteiger partial charge in [0.2, 0.25) is 6.79 Å². The maximum Gasteiger partial charge on any atom is 0.337 e. The number of ether oxygens (including phenoxy) is 2. The third kappa shape index (κ3) is 2.08. The molecule has 2 N–H and O–H groups in total. The van der Waals surface area contributed by atoms with Crippen LogP contribution in [0, 0.1) is 0 Å². The molecule has 0 amide bonds. The second-order valence-corrected chi connectivity index (χ2v) is 4.41. The molecule has 1 aliphatic rings. The van der Waals surface area contributed by atoms with Crippen molar-refractivity contribution in [1.29, 1.82) is 0 Å². The lowest BCUT2D eigenvalue weighted by Gasteiger charge is -2.10. The largest absolute Gasteiger partial charge is 0.479 e. The molecule has 20 heavy (non-hydrogen) atoms. The maximum absolute atomic E-state index is 10.8. The number of carboxylic acid groups (broad SMARTS) is 1. The Balaban J connectivity index is 2.06. The van der Waals surface area contributed by atoms with Gasteiger partial charge in [-0.15, -0.1) is 0 Å². The van der Waals surface area contributed by atoms with Crippen LogP contribution < -0.4 is 9.47 Å². The van der Waals surface area contributed by atoms with Crippen LogP contribution >= 0.6 is 0 Å². The van der Waals surface area contributed by atoms with Gasteiger partial charge in [0.05, 0.1) is 0 Å². The van der Waals surface area contributed by atoms with Crippen molar-refractivity contribution in [2.24, 2.45) is 0 Å². The van der Waals surface area contributed by atoms with Gasteiger partial charge in [-0.1, -0.05) is 30.3 Å². The van der Waals surface area contributed by atoms with E-state index in [9.17, 15) is 9.90 Å². The number of fused-ring (bicyclic) bond motifs is 1. The van der Waals surface area contributed by atoms with Crippen LogP contribution in [0.1, 0.15) is 11.7 Å². The molecule has 102 valence electrons. The van der Waals surface area contributed by atoms with Crippen molar-refractivity contribution in [3.63, 3.8) is 0 Å². The minimum absolute atomic E-state index is 0.170. The van der Waals surface area contributed by atoms with Gasteiger partial charge in [0.15, 0.2) is 17.6 Å². The number of carboxylic acids is 1. The molecule has 1 unspecified atom stereocenters. The molecule has 2 aromatic carbocycles. The molecule has 0 fully saturated rings. The highest BCUT2D eigenvalue weighted by atomic mass is 16.7. The summed E-state index contributed by atoms with van der Waals surface area (Å²) in [6.07, 6.45) is -1.54. The molecule has 0 bridgehead atoms. The zero-order valence-electron chi connectivity index (χ0n) is 10.4. The summed E-state index contributed by atoms with van der Waals surface area (Å²) in [7, 11) is 0. The highest BCUT2D eigenvalue weighted by Crippen LogP contribution is 2.41. The second kappa shape index (κ2) is 4.86. The summed E-state index contributed by atoms with van der Waals surface area (Å²) in [5, 5.41) is 18.5. The molecule has 0 aromatic heterocycles. The van der Waals surface area contributed by atoms with Crippen molar-refractivity contribution in [1.82, 2.24) is 0 Å². The monoisotopic (exact) mass is 272 g/mol. The van der Waals surface area contributed by atoms with E-state index in [-0.39, 0.29) is 6.79 Å². The van der Waals surface area contributed by atoms with E-state index < -0.39 is 12.1 Å². The SMILES string of the molecule is O=C(O)C(O)c1cccc(-c2cccc3c2OCO3)c1. The molecular weight excluding hydrogens is 260 g/mol. The first-order valence-corrected chi connectivity index (χ1v) is 6.06. The Bertz CT molecular complexity index is 665. The molecule has 0 spiro atoms. The fourth-order valence-electron chi connectivity index (χ4n) is 2.18. The maximum atomic E-state index is 10.8. The molecule has 0 radical (unpaired) electrons. The number of hydrogen-bond donors (Lipinski definition) is 2. The Morgan fingerprint density at radius 1 is 1.15 bits per heavy atom. The summed E-state index contributed by atoms with van der Waals surface area (Å²) in [5.74, 6) is 0.0150. The molecule has 5 nitrogen and oxygen atoms in total. The molecule has 1 atom stereocenters. The quantitative estimate of drug-likeness (QED) is 0.895. The number of aliphatic carboxylic acids is 1. The topological polar surface area (TPSA) is 76.0 Å². The standard InChI is InChI=1S/C15H12O5/c16-13(15(17)18)10-4-1-3-9(7-10)11-5-2-6-12-14(11)20-8-19-12/h1-7,13,16H,8H2,(H,17,18). The second-order valence-electron chi connectivity index (χ2n) is 4.41. The molecule has 5 heteroatoms. The first-order chi connectivity index (χ1) is 9.66. The van der Waals surface area contributed by atoms with Gasteiger partial charge in [0.25, 0.3) is 0 Å². The van der Waals surface area contributed by atoms with Gasteiger partial charge in [0, 0.05) is 5.56 Å². The van der Waals surface area contributed by atoms with Crippen molar-refractivity contribution in [3.05, 3.63) is 48.0 Å². The van der Waals surface area contributed by atoms with Crippen molar-refractivity contribution in [2.45, 2.75) is 6.10 Å². The first kappa shape index (κ1) is 12.5. The minimum Gasteiger partial charge on any atom is -0.479 e. The van der Waals surface area contributed by atoms with E-state index in [1.54, 1.807) is 18.2 Å². The van der Waals surface area contributed by atoms with Crippen molar-refractivity contribution in [3.8, 4) is 22.6 Å². The molecular formula is C15H12O5. The highest BCUT2D eigenvalue weighted by Gasteiger charge is 2.20. The van der Waals surface area contributed by atoms with E-state index in [0.29, 0.717) is 17.1 Å². The van der Waals surface area contributed by atoms with E-state index in [1.807, 2.05) is 24.3 Å². The number of hydrogen-bond acceptors (Lipinski definition) is 4. The Labute approximate surface area is 115 Å². The van der Waals surface area contributed by atoms with Crippen LogP contribution in [-0.2, 0) is 4.79 Å². The number of carbonyl (C=O) groups is 1. The minimum atomic E-state index is -1.54. The van der Waals surface area contributed by atoms with E-state index >= 15 is 0 Å². The molecule has 2 aromatic rings. The third-order valence-corrected chi connectivity index (χ3v) is 3.14. The number of aliphatic hydroxyl groups excluding tert-OH is 1. The van der Waals surface area contributed by atoms with Crippen LogP contribution in [0.5, 0.6) is 11.5 Å². The molecule has 1 heterocycles. The van der Waals surface area contributed by atoms with E-state index in [0.717, 1.165) is 11.1 Å². The summed E-state index contributed by atoms with van der Waals surface area (Å²) in [6.45, 7) is 0.170. The smallest absolute Gasteiger partial charge is 0.337 e. The highest BCUT2D eigenvalue weighted by molar-refractivity contribution is 5.78. The predicted molar refractivity (Wildman–Crippen MR) is 70.6 cm³/mol. The summed E-state index contributed by atoms with van der Waals surface area (Å²) >= 11 is 0. The Morgan fingerprint density at radius 2 is 1.95 bits per heavy atom. The Kier molecular flexibility index (Phi) is 3.04. The van der Waals surface area contributed by atoms with Crippen LogP contribution in [0.25, 0.3) is 11.1 Å². The molecule has 1 aliphatic heterocycles. The summed E-state index contributed by atoms with van der Waals surface area (Å²) in [5.41, 5.74) is 1.90. The molecule has 3 rings (SSSR count). The normalized spacial score (nSPS) is 14.1. The van der Waals surface area contributed by atoms with Crippen molar-refractivity contribution >= 4 is 5.97 Å². The Morgan fingerprint density at radius 3 is 2.75 bits per heavy atom. The lowest BCUT2D eigenvalue weighted by Crippen LogP contribution is -2.10. The summed E-state index contributed by atoms with van der Waals surface area (Å²) in [4.78, 5) is 10.8. The number of para-hydroxylation sites is 1. The van der Waals surface area contributed by atoms with E-state index in [1.165, 1.54) is 0 Å². The average Bonchev–Trinajstić information content (AvgIpc) is 2.94. The van der Waals surface area contributed by atoms with Gasteiger partial charge in [-0.25, -0.2) is 4.79 Å². The third-order valence-electron chi connectivity index (χ3n) is 3.14. The van der Waals surface area contributed by atoms with Gasteiger partial charge in [0.1, 0.15) is 0 Å². The van der Waals surface area contributed by atoms with E-state index in [4.69, 9.17) is 14.6 Å². The van der Waals surface area contributed by atoms with Gasteiger partial charge in [-0.2, -0.15) is 0 Å². The van der Waals surface area contributed by atoms with Crippen molar-refractivity contribution < 1.29 is 24.5 Å². The van der Waals surface area contributed by atoms with Crippen LogP contribution in [0.3, 0.4) is 0 Å². The lowest BCUT2D eigenvalue weighted by molar-refractivity contribution is -0.146. The van der Waals surface area contributed by atoms with Crippen LogP contribution in [0.4, 0.5) is 0 Å². The van der Waals surface area contributed by atoms with Gasteiger partial charge in [-0.3, -0.25) is 0 Å². The van der Waals surface area contributed by atoms with Gasteiger partial charge >= 0.3 is 5.97 Å². The first-order valence-electron chi connectivity index (χ1n) is 6.06. The fourth-order valence-corrected chi connectivity index (χ4v) is 2.18. The van der Waals surface area contributed by atoms with Crippen LogP contribution in [0.2, 0.25) is 0 Å². The zero-order valence-corrected chi connectivity index (χ0v) is 10.4. The number of aliphatic hydroxyl groups is 1. The van der Waals surface area contributed by atoms with Crippen LogP contribution in [0.15, 0.2) is 42.5 Å². The van der Waals surface area contributed by atoms with E-state index in [2.05, 4.69) is 0 Å². The van der Waals surface area contributed by atoms with Gasteiger partial charge in [-0.05, 0) is 23.3 Å². The lowest BCUT2D eigenvalue weighted by atomic mass is 9.99. The predicted octanol–water partition coefficient (Wildman–Crippen LogP) is 2.20. The zero-order chi connectivity index (χ0) is 14.1. The fraction of sp³-hybridized carbons (Fsp3) is 0.133. The number of rotatable bonds is 3.